The van der Waals surface area contributed by atoms with Crippen molar-refractivity contribution in [3.05, 3.63) is 219 Å². The normalized spacial score (nSPS) is 11.5. The lowest BCUT2D eigenvalue weighted by Gasteiger charge is -2.32. The number of hydrogen-bond acceptors (Lipinski definition) is 4. The second-order valence-electron chi connectivity index (χ2n) is 13.5. The van der Waals surface area contributed by atoms with Gasteiger partial charge in [0.25, 0.3) is 0 Å². The van der Waals surface area contributed by atoms with Crippen LogP contribution in [0.2, 0.25) is 0 Å². The van der Waals surface area contributed by atoms with E-state index in [1.807, 2.05) is 66.0 Å². The molecule has 56 heavy (non-hydrogen) atoms. The first-order chi connectivity index (χ1) is 27.7. The molecule has 0 aliphatic rings. The largest absolute Gasteiger partial charge is 0.309 e. The predicted octanol–water partition coefficient (Wildman–Crippen LogP) is 14.7. The first-order valence-corrected chi connectivity index (χ1v) is 19.5. The highest BCUT2D eigenvalue weighted by molar-refractivity contribution is 7.26. The Morgan fingerprint density at radius 1 is 0.536 bits per heavy atom. The molecule has 0 amide bonds. The smallest absolute Gasteiger partial charge is 0.160 e. The average molecular weight is 736 g/mol. The lowest BCUT2D eigenvalue weighted by atomic mass is 9.90. The summed E-state index contributed by atoms with van der Waals surface area (Å²) in [5, 5.41) is 2.44. The van der Waals surface area contributed by atoms with Crippen LogP contribution in [0.5, 0.6) is 0 Å². The zero-order valence-corrected chi connectivity index (χ0v) is 31.5. The Bertz CT molecular complexity index is 2820. The Balaban J connectivity index is 1.40. The number of anilines is 3. The van der Waals surface area contributed by atoms with E-state index in [-0.39, 0.29) is 0 Å². The maximum atomic E-state index is 5.28. The fourth-order valence-electron chi connectivity index (χ4n) is 7.45. The van der Waals surface area contributed by atoms with Gasteiger partial charge in [-0.15, -0.1) is 11.3 Å². The van der Waals surface area contributed by atoms with Crippen molar-refractivity contribution in [3.8, 4) is 45.0 Å². The molecule has 0 fully saturated rings. The highest BCUT2D eigenvalue weighted by atomic mass is 32.1. The molecule has 2 heterocycles. The van der Waals surface area contributed by atoms with Crippen LogP contribution in [0.1, 0.15) is 5.56 Å². The molecule has 0 bridgehead atoms. The van der Waals surface area contributed by atoms with Gasteiger partial charge >= 0.3 is 0 Å². The lowest BCUT2D eigenvalue weighted by Crippen LogP contribution is -2.14. The Morgan fingerprint density at radius 3 is 1.73 bits per heavy atom. The summed E-state index contributed by atoms with van der Waals surface area (Å²) in [5.74, 6) is 0.634. The van der Waals surface area contributed by atoms with E-state index >= 15 is 0 Å². The standard InChI is InChI=1S/C52H37N3S/c1-3-20-36(4-2)43-33-40(52-53-45(38-23-11-6-12-24-38)35-46(54-52)39-25-13-7-14-26-39)34-44(37-21-9-5-10-22-37)51(43)55(41-27-15-8-16-28-41)47-30-19-32-49-50(47)42-29-17-18-31-48(42)56-49/h3-35H,1-2H2/b36-20+. The maximum absolute atomic E-state index is 5.28. The monoisotopic (exact) mass is 735 g/mol. The van der Waals surface area contributed by atoms with Gasteiger partial charge in [-0.05, 0) is 59.7 Å². The third-order valence-corrected chi connectivity index (χ3v) is 11.1. The van der Waals surface area contributed by atoms with Crippen molar-refractivity contribution < 1.29 is 0 Å². The number of para-hydroxylation sites is 1. The van der Waals surface area contributed by atoms with Gasteiger partial charge in [0.05, 0.1) is 22.8 Å². The SMILES string of the molecule is C=C/C=C(\C=C)c1cc(-c2nc(-c3ccccc3)cc(-c3ccccc3)n2)cc(-c2ccccc2)c1N(c1ccccc1)c1cccc2sc3ccccc3c12. The van der Waals surface area contributed by atoms with Crippen molar-refractivity contribution >= 4 is 54.1 Å². The van der Waals surface area contributed by atoms with Crippen molar-refractivity contribution in [1.82, 2.24) is 9.97 Å². The Morgan fingerprint density at radius 2 is 1.11 bits per heavy atom. The Kier molecular flexibility index (Phi) is 9.46. The van der Waals surface area contributed by atoms with Gasteiger partial charge in [0, 0.05) is 53.7 Å². The summed E-state index contributed by atoms with van der Waals surface area (Å²) >= 11 is 1.82. The van der Waals surface area contributed by atoms with E-state index in [0.29, 0.717) is 5.82 Å². The van der Waals surface area contributed by atoms with Crippen LogP contribution in [0.4, 0.5) is 17.1 Å². The molecule has 4 heteroatoms. The average Bonchev–Trinajstić information content (AvgIpc) is 3.66. The van der Waals surface area contributed by atoms with Crippen molar-refractivity contribution in [1.29, 1.82) is 0 Å². The molecule has 2 aromatic heterocycles. The molecule has 266 valence electrons. The van der Waals surface area contributed by atoms with E-state index in [1.54, 1.807) is 0 Å². The Hall–Kier alpha value is -7.14. The van der Waals surface area contributed by atoms with E-state index in [4.69, 9.17) is 9.97 Å². The van der Waals surface area contributed by atoms with Crippen LogP contribution >= 0.6 is 11.3 Å². The first kappa shape index (κ1) is 34.6. The number of hydrogen-bond donors (Lipinski definition) is 0. The van der Waals surface area contributed by atoms with Crippen LogP contribution in [-0.2, 0) is 0 Å². The lowest BCUT2D eigenvalue weighted by molar-refractivity contribution is 1.18. The van der Waals surface area contributed by atoms with Crippen molar-refractivity contribution in [3.63, 3.8) is 0 Å². The molecule has 9 aromatic rings. The van der Waals surface area contributed by atoms with Gasteiger partial charge in [0.2, 0.25) is 0 Å². The van der Waals surface area contributed by atoms with Crippen molar-refractivity contribution in [2.75, 3.05) is 4.90 Å². The van der Waals surface area contributed by atoms with Crippen LogP contribution in [0.3, 0.4) is 0 Å². The summed E-state index contributed by atoms with van der Waals surface area (Å²) in [6.45, 7) is 8.46. The summed E-state index contributed by atoms with van der Waals surface area (Å²) in [4.78, 5) is 13.0. The summed E-state index contributed by atoms with van der Waals surface area (Å²) in [5.41, 5.74) is 11.8. The molecule has 0 spiro atoms. The van der Waals surface area contributed by atoms with Crippen LogP contribution in [0, 0.1) is 0 Å². The van der Waals surface area contributed by atoms with E-state index in [9.17, 15) is 0 Å². The second-order valence-corrected chi connectivity index (χ2v) is 14.5. The summed E-state index contributed by atoms with van der Waals surface area (Å²) in [7, 11) is 0. The molecule has 0 radical (unpaired) electrons. The highest BCUT2D eigenvalue weighted by Gasteiger charge is 2.26. The minimum absolute atomic E-state index is 0.634. The topological polar surface area (TPSA) is 29.0 Å². The van der Waals surface area contributed by atoms with Gasteiger partial charge in [-0.3, -0.25) is 0 Å². The molecular formula is C52H37N3S. The molecule has 0 unspecified atom stereocenters. The number of allylic oxidation sites excluding steroid dienone is 4. The molecular weight excluding hydrogens is 699 g/mol. The zero-order chi connectivity index (χ0) is 37.8. The van der Waals surface area contributed by atoms with E-state index in [1.165, 1.54) is 20.2 Å². The van der Waals surface area contributed by atoms with Crippen LogP contribution in [0.25, 0.3) is 70.8 Å². The number of aromatic nitrogens is 2. The molecule has 0 saturated heterocycles. The number of benzene rings is 7. The van der Waals surface area contributed by atoms with Gasteiger partial charge in [0.1, 0.15) is 0 Å². The van der Waals surface area contributed by atoms with Gasteiger partial charge in [0.15, 0.2) is 5.82 Å². The minimum Gasteiger partial charge on any atom is -0.309 e. The third-order valence-electron chi connectivity index (χ3n) is 10.0. The molecule has 0 aliphatic carbocycles. The van der Waals surface area contributed by atoms with E-state index < -0.39 is 0 Å². The van der Waals surface area contributed by atoms with Crippen molar-refractivity contribution in [2.45, 2.75) is 0 Å². The number of thiophene rings is 1. The van der Waals surface area contributed by atoms with Gasteiger partial charge in [-0.2, -0.15) is 0 Å². The molecule has 7 aromatic carbocycles. The second kappa shape index (κ2) is 15.3. The fourth-order valence-corrected chi connectivity index (χ4v) is 8.58. The molecule has 3 nitrogen and oxygen atoms in total. The van der Waals surface area contributed by atoms with Crippen LogP contribution in [-0.4, -0.2) is 9.97 Å². The van der Waals surface area contributed by atoms with Gasteiger partial charge in [-0.1, -0.05) is 165 Å². The first-order valence-electron chi connectivity index (χ1n) is 18.6. The van der Waals surface area contributed by atoms with Crippen LogP contribution in [0.15, 0.2) is 213 Å². The summed E-state index contributed by atoms with van der Waals surface area (Å²) < 4.78 is 2.49. The van der Waals surface area contributed by atoms with Gasteiger partial charge in [-0.25, -0.2) is 9.97 Å². The number of rotatable bonds is 10. The third kappa shape index (κ3) is 6.53. The van der Waals surface area contributed by atoms with E-state index in [0.717, 1.165) is 67.4 Å². The predicted molar refractivity (Wildman–Crippen MR) is 240 cm³/mol. The number of nitrogens with zero attached hydrogens (tertiary/aromatic N) is 3. The number of fused-ring (bicyclic) bond motifs is 3. The molecule has 0 N–H and O–H groups in total. The molecule has 9 rings (SSSR count). The molecule has 0 saturated carbocycles. The van der Waals surface area contributed by atoms with Crippen LogP contribution < -0.4 is 4.90 Å². The minimum atomic E-state index is 0.634. The summed E-state index contributed by atoms with van der Waals surface area (Å²) in [6, 6.07) is 63.8. The van der Waals surface area contributed by atoms with E-state index in [2.05, 4.69) is 164 Å². The Labute approximate surface area is 331 Å². The maximum Gasteiger partial charge on any atom is 0.160 e. The van der Waals surface area contributed by atoms with Gasteiger partial charge < -0.3 is 4.90 Å². The summed E-state index contributed by atoms with van der Waals surface area (Å²) in [6.07, 6.45) is 5.78. The fraction of sp³-hybridized carbons (Fsp3) is 0. The quantitative estimate of drug-likeness (QED) is 0.131. The highest BCUT2D eigenvalue weighted by Crippen LogP contribution is 2.50. The molecule has 0 atom stereocenters. The molecule has 0 aliphatic heterocycles. The zero-order valence-electron chi connectivity index (χ0n) is 30.7. The van der Waals surface area contributed by atoms with Crippen molar-refractivity contribution in [2.24, 2.45) is 0 Å².